The third kappa shape index (κ3) is 7.50. The monoisotopic (exact) mass is 472 g/mol. The molecule has 1 aromatic heterocycles. The lowest BCUT2D eigenvalue weighted by Crippen LogP contribution is -2.16. The van der Waals surface area contributed by atoms with E-state index in [9.17, 15) is 13.2 Å². The van der Waals surface area contributed by atoms with Crippen LogP contribution in [0.4, 0.5) is 13.2 Å². The molecule has 0 fully saturated rings. The van der Waals surface area contributed by atoms with Gasteiger partial charge in [0.2, 0.25) is 0 Å². The fourth-order valence-corrected chi connectivity index (χ4v) is 4.21. The van der Waals surface area contributed by atoms with Gasteiger partial charge in [0, 0.05) is 40.5 Å². The fraction of sp³-hybridized carbons (Fsp3) is 0.286. The minimum atomic E-state index is -4.29. The summed E-state index contributed by atoms with van der Waals surface area (Å²) in [7, 11) is 0. The second kappa shape index (κ2) is 10.5. The molecule has 1 heterocycles. The summed E-state index contributed by atoms with van der Waals surface area (Å²) in [6.45, 7) is 3.74. The Labute approximate surface area is 186 Å². The van der Waals surface area contributed by atoms with E-state index in [-0.39, 0.29) is 23.3 Å². The van der Waals surface area contributed by atoms with Crippen LogP contribution in [0.25, 0.3) is 0 Å². The van der Waals surface area contributed by atoms with E-state index < -0.39 is 5.51 Å². The SMILES string of the molecule is Cc1cnc(CCNCc2ccc(OCc3ccc(SC(F)(F)F)cc3)cc2Cl)s1. The predicted molar refractivity (Wildman–Crippen MR) is 116 cm³/mol. The Hall–Kier alpha value is -1.74. The molecule has 9 heteroatoms. The second-order valence-electron chi connectivity index (χ2n) is 6.53. The van der Waals surface area contributed by atoms with Gasteiger partial charge in [-0.3, -0.25) is 0 Å². The minimum absolute atomic E-state index is 0.132. The van der Waals surface area contributed by atoms with E-state index in [0.717, 1.165) is 29.1 Å². The quantitative estimate of drug-likeness (QED) is 0.280. The van der Waals surface area contributed by atoms with Gasteiger partial charge in [-0.1, -0.05) is 29.8 Å². The van der Waals surface area contributed by atoms with Crippen molar-refractivity contribution in [2.75, 3.05) is 6.54 Å². The number of rotatable bonds is 9. The summed E-state index contributed by atoms with van der Waals surface area (Å²) in [5, 5.41) is 5.07. The molecule has 0 aliphatic heterocycles. The summed E-state index contributed by atoms with van der Waals surface area (Å²) < 4.78 is 42.8. The molecule has 0 saturated carbocycles. The van der Waals surface area contributed by atoms with Crippen LogP contribution in [0.15, 0.2) is 53.6 Å². The number of thiazole rings is 1. The Balaban J connectivity index is 1.45. The molecular weight excluding hydrogens is 453 g/mol. The molecule has 0 unspecified atom stereocenters. The molecule has 0 spiro atoms. The van der Waals surface area contributed by atoms with Crippen LogP contribution in [0.3, 0.4) is 0 Å². The molecule has 0 amide bonds. The summed E-state index contributed by atoms with van der Waals surface area (Å²) in [5.41, 5.74) is -2.54. The lowest BCUT2D eigenvalue weighted by atomic mass is 10.2. The van der Waals surface area contributed by atoms with Crippen molar-refractivity contribution in [3.05, 3.63) is 74.7 Å². The molecular formula is C21H20ClF3N2OS2. The summed E-state index contributed by atoms with van der Waals surface area (Å²) in [6.07, 6.45) is 2.75. The normalized spacial score (nSPS) is 11.6. The number of nitrogens with one attached hydrogen (secondary N) is 1. The maximum absolute atomic E-state index is 12.4. The van der Waals surface area contributed by atoms with E-state index in [1.165, 1.54) is 17.0 Å². The largest absolute Gasteiger partial charge is 0.489 e. The molecule has 0 saturated heterocycles. The number of aryl methyl sites for hydroxylation is 1. The van der Waals surface area contributed by atoms with Crippen molar-refractivity contribution >= 4 is 34.7 Å². The van der Waals surface area contributed by atoms with Crippen molar-refractivity contribution < 1.29 is 17.9 Å². The van der Waals surface area contributed by atoms with E-state index in [2.05, 4.69) is 10.3 Å². The minimum Gasteiger partial charge on any atom is -0.489 e. The number of alkyl halides is 3. The molecule has 160 valence electrons. The van der Waals surface area contributed by atoms with Crippen LogP contribution in [0.1, 0.15) is 21.0 Å². The van der Waals surface area contributed by atoms with Crippen LogP contribution in [0.5, 0.6) is 5.75 Å². The van der Waals surface area contributed by atoms with E-state index in [1.54, 1.807) is 29.5 Å². The number of nitrogens with zero attached hydrogens (tertiary/aromatic N) is 1. The van der Waals surface area contributed by atoms with E-state index in [1.807, 2.05) is 25.3 Å². The van der Waals surface area contributed by atoms with Crippen molar-refractivity contribution in [1.82, 2.24) is 10.3 Å². The van der Waals surface area contributed by atoms with Crippen molar-refractivity contribution in [1.29, 1.82) is 0 Å². The van der Waals surface area contributed by atoms with Gasteiger partial charge in [-0.25, -0.2) is 4.98 Å². The highest BCUT2D eigenvalue weighted by molar-refractivity contribution is 8.00. The van der Waals surface area contributed by atoms with Gasteiger partial charge in [-0.05, 0) is 54.1 Å². The first-order valence-corrected chi connectivity index (χ1v) is 11.2. The van der Waals surface area contributed by atoms with Gasteiger partial charge in [-0.15, -0.1) is 11.3 Å². The van der Waals surface area contributed by atoms with Gasteiger partial charge >= 0.3 is 5.51 Å². The summed E-state index contributed by atoms with van der Waals surface area (Å²) in [5.74, 6) is 0.607. The number of hydrogen-bond donors (Lipinski definition) is 1. The van der Waals surface area contributed by atoms with Crippen LogP contribution < -0.4 is 10.1 Å². The van der Waals surface area contributed by atoms with E-state index >= 15 is 0 Å². The molecule has 0 aliphatic carbocycles. The van der Waals surface area contributed by atoms with Crippen molar-refractivity contribution in [2.45, 2.75) is 36.9 Å². The molecule has 1 N–H and O–H groups in total. The number of hydrogen-bond acceptors (Lipinski definition) is 5. The Kier molecular flexibility index (Phi) is 8.05. The molecule has 3 aromatic rings. The number of aromatic nitrogens is 1. The summed E-state index contributed by atoms with van der Waals surface area (Å²) in [6, 6.07) is 11.6. The number of thioether (sulfide) groups is 1. The molecule has 3 nitrogen and oxygen atoms in total. The summed E-state index contributed by atoms with van der Waals surface area (Å²) in [4.78, 5) is 5.70. The zero-order chi connectivity index (χ0) is 21.6. The van der Waals surface area contributed by atoms with E-state index in [0.29, 0.717) is 17.3 Å². The van der Waals surface area contributed by atoms with Crippen molar-refractivity contribution in [2.24, 2.45) is 0 Å². The van der Waals surface area contributed by atoms with Crippen molar-refractivity contribution in [3.8, 4) is 5.75 Å². The summed E-state index contributed by atoms with van der Waals surface area (Å²) >= 11 is 7.92. The molecule has 0 aliphatic rings. The highest BCUT2D eigenvalue weighted by Crippen LogP contribution is 2.36. The maximum atomic E-state index is 12.4. The Morgan fingerprint density at radius 1 is 1.17 bits per heavy atom. The molecule has 0 radical (unpaired) electrons. The van der Waals surface area contributed by atoms with Crippen LogP contribution in [0.2, 0.25) is 5.02 Å². The first kappa shape index (κ1) is 22.9. The topological polar surface area (TPSA) is 34.2 Å². The van der Waals surface area contributed by atoms with Gasteiger partial charge in [-0.2, -0.15) is 13.2 Å². The third-order valence-corrected chi connectivity index (χ3v) is 6.15. The number of halogens is 4. The standard InChI is InChI=1S/C21H20ClF3N2OS2/c1-14-11-27-20(29-14)8-9-26-12-16-4-5-17(10-19(16)22)28-13-15-2-6-18(7-3-15)30-21(23,24)25/h2-7,10-11,26H,8-9,12-13H2,1H3. The van der Waals surface area contributed by atoms with Gasteiger partial charge in [0.15, 0.2) is 0 Å². The van der Waals surface area contributed by atoms with Gasteiger partial charge in [0.25, 0.3) is 0 Å². The molecule has 2 aromatic carbocycles. The number of ether oxygens (including phenoxy) is 1. The second-order valence-corrected chi connectivity index (χ2v) is 9.39. The average Bonchev–Trinajstić information content (AvgIpc) is 3.10. The Bertz CT molecular complexity index is 962. The van der Waals surface area contributed by atoms with Gasteiger partial charge < -0.3 is 10.1 Å². The zero-order valence-corrected chi connectivity index (χ0v) is 18.5. The van der Waals surface area contributed by atoms with Crippen LogP contribution in [0, 0.1) is 6.92 Å². The van der Waals surface area contributed by atoms with Gasteiger partial charge in [0.1, 0.15) is 12.4 Å². The average molecular weight is 473 g/mol. The fourth-order valence-electron chi connectivity index (χ4n) is 2.65. The molecule has 0 atom stereocenters. The number of benzene rings is 2. The molecule has 0 bridgehead atoms. The predicted octanol–water partition coefficient (Wildman–Crippen LogP) is 6.63. The Morgan fingerprint density at radius 2 is 1.93 bits per heavy atom. The first-order chi connectivity index (χ1) is 14.3. The lowest BCUT2D eigenvalue weighted by Gasteiger charge is -2.11. The van der Waals surface area contributed by atoms with Crippen molar-refractivity contribution in [3.63, 3.8) is 0 Å². The van der Waals surface area contributed by atoms with Gasteiger partial charge in [0.05, 0.1) is 5.01 Å². The highest BCUT2D eigenvalue weighted by Gasteiger charge is 2.28. The lowest BCUT2D eigenvalue weighted by molar-refractivity contribution is -0.0328. The van der Waals surface area contributed by atoms with E-state index in [4.69, 9.17) is 16.3 Å². The molecule has 30 heavy (non-hydrogen) atoms. The smallest absolute Gasteiger partial charge is 0.446 e. The van der Waals surface area contributed by atoms with Crippen LogP contribution in [-0.2, 0) is 19.6 Å². The van der Waals surface area contributed by atoms with Crippen LogP contribution >= 0.6 is 34.7 Å². The molecule has 3 rings (SSSR count). The van der Waals surface area contributed by atoms with Crippen LogP contribution in [-0.4, -0.2) is 17.0 Å². The Morgan fingerprint density at radius 3 is 2.57 bits per heavy atom. The highest BCUT2D eigenvalue weighted by atomic mass is 35.5. The maximum Gasteiger partial charge on any atom is 0.446 e. The third-order valence-electron chi connectivity index (χ3n) is 4.09. The first-order valence-electron chi connectivity index (χ1n) is 9.16. The zero-order valence-electron chi connectivity index (χ0n) is 16.1.